The summed E-state index contributed by atoms with van der Waals surface area (Å²) in [5.41, 5.74) is 1.49. The van der Waals surface area contributed by atoms with Crippen molar-refractivity contribution in [2.75, 3.05) is 14.1 Å². The van der Waals surface area contributed by atoms with E-state index in [1.807, 2.05) is 0 Å². The number of sulfonamides is 1. The van der Waals surface area contributed by atoms with Crippen molar-refractivity contribution in [2.45, 2.75) is 37.6 Å². The lowest BCUT2D eigenvalue weighted by atomic mass is 9.88. The van der Waals surface area contributed by atoms with Crippen LogP contribution in [-0.2, 0) is 10.0 Å². The number of aromatic nitrogens is 2. The molecule has 0 aliphatic rings. The van der Waals surface area contributed by atoms with Gasteiger partial charge in [-0.05, 0) is 54.8 Å². The molecule has 1 amide bonds. The first-order chi connectivity index (χ1) is 15.8. The Kier molecular flexibility index (Phi) is 7.29. The van der Waals surface area contributed by atoms with Crippen LogP contribution in [0, 0.1) is 19.7 Å². The highest BCUT2D eigenvalue weighted by molar-refractivity contribution is 7.89. The van der Waals surface area contributed by atoms with Gasteiger partial charge in [-0.3, -0.25) is 4.79 Å². The summed E-state index contributed by atoms with van der Waals surface area (Å²) in [5.74, 6) is -3.16. The Labute approximate surface area is 201 Å². The van der Waals surface area contributed by atoms with Crippen molar-refractivity contribution in [3.8, 4) is 0 Å². The Morgan fingerprint density at radius 3 is 2.50 bits per heavy atom. The van der Waals surface area contributed by atoms with Gasteiger partial charge in [-0.15, -0.1) is 5.10 Å². The second-order valence-electron chi connectivity index (χ2n) is 8.08. The number of carbonyl (C=O) groups excluding carboxylic acids is 1. The minimum Gasteiger partial charge on any atom is -0.391 e. The standard InChI is InChI=1S/C22H24ClFN4O5S/c1-11-6-8-16(24)18(12(11)2)13(3)19(20-25-26-22(30)33-20)27-34(31,32)17-9-7-14(23)10-15(17)21(29)28(4)5/h6-10,13,19,27H,1-5H3,(H,26,30). The Morgan fingerprint density at radius 1 is 1.24 bits per heavy atom. The number of H-pyrrole nitrogens is 1. The molecule has 1 aromatic heterocycles. The molecule has 0 radical (unpaired) electrons. The molecule has 12 heteroatoms. The fourth-order valence-electron chi connectivity index (χ4n) is 3.65. The normalized spacial score (nSPS) is 13.5. The maximum absolute atomic E-state index is 14.9. The molecule has 0 saturated carbocycles. The SMILES string of the molecule is Cc1ccc(F)c(C(C)C(NS(=O)(=O)c2ccc(Cl)cc2C(=O)N(C)C)c2n[nH]c(=O)o2)c1C. The molecule has 182 valence electrons. The lowest BCUT2D eigenvalue weighted by Gasteiger charge is -2.25. The van der Waals surface area contributed by atoms with Crippen molar-refractivity contribution in [1.29, 1.82) is 0 Å². The molecule has 1 heterocycles. The van der Waals surface area contributed by atoms with Gasteiger partial charge in [0.2, 0.25) is 15.9 Å². The van der Waals surface area contributed by atoms with Gasteiger partial charge in [-0.1, -0.05) is 24.6 Å². The highest BCUT2D eigenvalue weighted by Crippen LogP contribution is 2.35. The van der Waals surface area contributed by atoms with Crippen LogP contribution in [0.25, 0.3) is 0 Å². The number of nitrogens with zero attached hydrogens (tertiary/aromatic N) is 2. The largest absolute Gasteiger partial charge is 0.434 e. The topological polar surface area (TPSA) is 125 Å². The first-order valence-corrected chi connectivity index (χ1v) is 12.0. The maximum Gasteiger partial charge on any atom is 0.434 e. The van der Waals surface area contributed by atoms with Gasteiger partial charge in [0.25, 0.3) is 5.91 Å². The van der Waals surface area contributed by atoms with Crippen LogP contribution in [0.15, 0.2) is 44.4 Å². The zero-order valence-corrected chi connectivity index (χ0v) is 20.7. The fraction of sp³-hybridized carbons (Fsp3) is 0.318. The molecule has 0 spiro atoms. The second kappa shape index (κ2) is 9.69. The molecule has 2 unspecified atom stereocenters. The van der Waals surface area contributed by atoms with E-state index >= 15 is 0 Å². The van der Waals surface area contributed by atoms with Crippen LogP contribution in [0.4, 0.5) is 4.39 Å². The van der Waals surface area contributed by atoms with Gasteiger partial charge in [0.15, 0.2) is 0 Å². The molecule has 3 rings (SSSR count). The molecule has 0 saturated heterocycles. The maximum atomic E-state index is 14.9. The zero-order valence-electron chi connectivity index (χ0n) is 19.1. The Bertz CT molecular complexity index is 1400. The number of halogens is 2. The van der Waals surface area contributed by atoms with E-state index in [9.17, 15) is 22.4 Å². The molecular weight excluding hydrogens is 487 g/mol. The fourth-order valence-corrected chi connectivity index (χ4v) is 5.27. The van der Waals surface area contributed by atoms with Crippen LogP contribution >= 0.6 is 11.6 Å². The van der Waals surface area contributed by atoms with Crippen molar-refractivity contribution in [1.82, 2.24) is 19.8 Å². The van der Waals surface area contributed by atoms with Crippen LogP contribution in [-0.4, -0.2) is 43.5 Å². The van der Waals surface area contributed by atoms with Crippen molar-refractivity contribution >= 4 is 27.5 Å². The van der Waals surface area contributed by atoms with Gasteiger partial charge >= 0.3 is 5.76 Å². The quantitative estimate of drug-likeness (QED) is 0.502. The van der Waals surface area contributed by atoms with Gasteiger partial charge in [0, 0.05) is 25.0 Å². The van der Waals surface area contributed by atoms with Crippen molar-refractivity contribution in [3.63, 3.8) is 0 Å². The van der Waals surface area contributed by atoms with Crippen LogP contribution < -0.4 is 10.5 Å². The summed E-state index contributed by atoms with van der Waals surface area (Å²) in [6, 6.07) is 5.39. The predicted molar refractivity (Wildman–Crippen MR) is 124 cm³/mol. The third-order valence-corrected chi connectivity index (χ3v) is 7.29. The van der Waals surface area contributed by atoms with E-state index in [2.05, 4.69) is 14.9 Å². The summed E-state index contributed by atoms with van der Waals surface area (Å²) in [6.45, 7) is 5.09. The molecular formula is C22H24ClFN4O5S. The van der Waals surface area contributed by atoms with E-state index < -0.39 is 39.5 Å². The zero-order chi connectivity index (χ0) is 25.4. The molecule has 2 atom stereocenters. The predicted octanol–water partition coefficient (Wildman–Crippen LogP) is 3.30. The number of amides is 1. The molecule has 9 nitrogen and oxygen atoms in total. The van der Waals surface area contributed by atoms with Crippen molar-refractivity contribution < 1.29 is 22.0 Å². The number of aromatic amines is 1. The van der Waals surface area contributed by atoms with Gasteiger partial charge < -0.3 is 9.32 Å². The number of benzene rings is 2. The number of rotatable bonds is 7. The van der Waals surface area contributed by atoms with Crippen LogP contribution in [0.5, 0.6) is 0 Å². The summed E-state index contributed by atoms with van der Waals surface area (Å²) < 4.78 is 49.3. The van der Waals surface area contributed by atoms with E-state index in [1.54, 1.807) is 26.8 Å². The molecule has 34 heavy (non-hydrogen) atoms. The highest BCUT2D eigenvalue weighted by Gasteiger charge is 2.35. The molecule has 0 bridgehead atoms. The second-order valence-corrected chi connectivity index (χ2v) is 10.2. The summed E-state index contributed by atoms with van der Waals surface area (Å²) in [7, 11) is -1.46. The monoisotopic (exact) mass is 510 g/mol. The molecule has 0 aliphatic heterocycles. The molecule has 3 aromatic rings. The smallest absolute Gasteiger partial charge is 0.391 e. The Balaban J connectivity index is 2.15. The number of carbonyl (C=O) groups is 1. The highest BCUT2D eigenvalue weighted by atomic mass is 35.5. The van der Waals surface area contributed by atoms with E-state index in [1.165, 1.54) is 43.3 Å². The van der Waals surface area contributed by atoms with E-state index in [-0.39, 0.29) is 26.9 Å². The summed E-state index contributed by atoms with van der Waals surface area (Å²) in [5, 5.41) is 6.04. The first-order valence-electron chi connectivity index (χ1n) is 10.2. The van der Waals surface area contributed by atoms with E-state index in [0.29, 0.717) is 5.56 Å². The minimum absolute atomic E-state index is 0.155. The van der Waals surface area contributed by atoms with Gasteiger partial charge in [-0.25, -0.2) is 22.7 Å². The minimum atomic E-state index is -4.41. The summed E-state index contributed by atoms with van der Waals surface area (Å²) in [6.07, 6.45) is 0. The van der Waals surface area contributed by atoms with Crippen LogP contribution in [0.1, 0.15) is 51.8 Å². The van der Waals surface area contributed by atoms with Crippen LogP contribution in [0.2, 0.25) is 5.02 Å². The Hall–Kier alpha value is -3.02. The number of nitrogens with one attached hydrogen (secondary N) is 2. The number of hydrogen-bond donors (Lipinski definition) is 2. The molecule has 0 aliphatic carbocycles. The molecule has 2 aromatic carbocycles. The molecule has 0 fully saturated rings. The summed E-state index contributed by atoms with van der Waals surface area (Å²) >= 11 is 6.01. The van der Waals surface area contributed by atoms with Gasteiger partial charge in [0.05, 0.1) is 10.5 Å². The lowest BCUT2D eigenvalue weighted by Crippen LogP contribution is -2.34. The molecule has 2 N–H and O–H groups in total. The third kappa shape index (κ3) is 5.06. The number of aryl methyl sites for hydroxylation is 1. The van der Waals surface area contributed by atoms with E-state index in [0.717, 1.165) is 5.56 Å². The summed E-state index contributed by atoms with van der Waals surface area (Å²) in [4.78, 5) is 25.2. The average molecular weight is 511 g/mol. The Morgan fingerprint density at radius 2 is 1.91 bits per heavy atom. The van der Waals surface area contributed by atoms with Gasteiger partial charge in [0.1, 0.15) is 11.9 Å². The average Bonchev–Trinajstić information content (AvgIpc) is 3.20. The van der Waals surface area contributed by atoms with E-state index in [4.69, 9.17) is 16.0 Å². The lowest BCUT2D eigenvalue weighted by molar-refractivity contribution is 0.0824. The van der Waals surface area contributed by atoms with Gasteiger partial charge in [-0.2, -0.15) is 4.72 Å². The first kappa shape index (κ1) is 25.6. The van der Waals surface area contributed by atoms with Crippen LogP contribution in [0.3, 0.4) is 0 Å². The third-order valence-electron chi connectivity index (χ3n) is 5.56. The van der Waals surface area contributed by atoms with Crippen molar-refractivity contribution in [2.24, 2.45) is 0 Å². The number of hydrogen-bond acceptors (Lipinski definition) is 6. The van der Waals surface area contributed by atoms with Crippen molar-refractivity contribution in [3.05, 3.63) is 79.9 Å².